The van der Waals surface area contributed by atoms with Gasteiger partial charge in [0.1, 0.15) is 5.75 Å². The molecule has 4 aromatic carbocycles. The summed E-state index contributed by atoms with van der Waals surface area (Å²) in [5.41, 5.74) is 0.490. The smallest absolute Gasteiger partial charge is 0.870 e. The SMILES string of the molecule is CCc1c(Cl)cc(S(=O)(=O)O)cc1N=Nc1c([O-])c(C(=O)Nc2ccc(Cl)cc2OC)cc2ccccc12.[Na+]. The van der Waals surface area contributed by atoms with Gasteiger partial charge in [0.15, 0.2) is 0 Å². The van der Waals surface area contributed by atoms with Gasteiger partial charge >= 0.3 is 29.6 Å². The summed E-state index contributed by atoms with van der Waals surface area (Å²) in [6.45, 7) is 1.78. The Hall–Kier alpha value is -2.70. The minimum atomic E-state index is -4.57. The normalized spacial score (nSPS) is 11.4. The number of carbonyl (C=O) groups excluding carboxylic acids is 1. The standard InChI is InChI=1S/C26H21Cl2N3O6S.Na/c1-3-17-20(28)12-16(38(34,35)36)13-22(17)30-31-24-18-7-5-4-6-14(18)10-19(25(24)32)26(33)29-21-9-8-15(27)11-23(21)37-2;/h4-13,32H,3H2,1-2H3,(H,29,33)(H,34,35,36);/q;+1/p-1. The third-order valence-corrected chi connectivity index (χ3v) is 7.09. The fraction of sp³-hybridized carbons (Fsp3) is 0.115. The number of amides is 1. The number of carbonyl (C=O) groups is 1. The van der Waals surface area contributed by atoms with Crippen molar-refractivity contribution in [2.75, 3.05) is 12.4 Å². The van der Waals surface area contributed by atoms with Crippen LogP contribution >= 0.6 is 23.2 Å². The molecule has 0 aromatic heterocycles. The van der Waals surface area contributed by atoms with Crippen molar-refractivity contribution >= 4 is 67.1 Å². The molecule has 0 saturated carbocycles. The molecule has 0 aliphatic carbocycles. The molecule has 1 amide bonds. The molecule has 0 atom stereocenters. The molecular formula is C26H20Cl2N3NaO6S. The molecule has 39 heavy (non-hydrogen) atoms. The molecule has 0 aliphatic rings. The number of halogens is 2. The summed E-state index contributed by atoms with van der Waals surface area (Å²) in [5, 5.41) is 25.8. The topological polar surface area (TPSA) is 140 Å². The van der Waals surface area contributed by atoms with Crippen molar-refractivity contribution in [2.24, 2.45) is 10.2 Å². The molecule has 0 aliphatic heterocycles. The zero-order valence-electron chi connectivity index (χ0n) is 21.0. The Morgan fingerprint density at radius 1 is 1.08 bits per heavy atom. The zero-order chi connectivity index (χ0) is 27.6. The van der Waals surface area contributed by atoms with Crippen molar-refractivity contribution in [3.63, 3.8) is 0 Å². The predicted molar refractivity (Wildman–Crippen MR) is 144 cm³/mol. The largest absolute Gasteiger partial charge is 1.00 e. The fourth-order valence-electron chi connectivity index (χ4n) is 3.83. The summed E-state index contributed by atoms with van der Waals surface area (Å²) >= 11 is 12.2. The minimum Gasteiger partial charge on any atom is -0.870 e. The molecule has 13 heteroatoms. The number of fused-ring (bicyclic) bond motifs is 1. The number of azo groups is 1. The number of hydrogen-bond acceptors (Lipinski definition) is 7. The van der Waals surface area contributed by atoms with Gasteiger partial charge in [0.25, 0.3) is 16.0 Å². The second kappa shape index (κ2) is 12.6. The van der Waals surface area contributed by atoms with Crippen LogP contribution in [0.3, 0.4) is 0 Å². The Bertz CT molecular complexity index is 1710. The van der Waals surface area contributed by atoms with Crippen LogP contribution in [-0.2, 0) is 16.5 Å². The van der Waals surface area contributed by atoms with Gasteiger partial charge < -0.3 is 15.2 Å². The fourth-order valence-corrected chi connectivity index (χ4v) is 4.93. The number of rotatable bonds is 7. The predicted octanol–water partition coefficient (Wildman–Crippen LogP) is 3.71. The van der Waals surface area contributed by atoms with Crippen molar-refractivity contribution in [2.45, 2.75) is 18.2 Å². The molecule has 196 valence electrons. The summed E-state index contributed by atoms with van der Waals surface area (Å²) in [4.78, 5) is 12.7. The quantitative estimate of drug-likeness (QED) is 0.189. The molecule has 0 bridgehead atoms. The Kier molecular flexibility index (Phi) is 10.0. The van der Waals surface area contributed by atoms with Gasteiger partial charge in [-0.3, -0.25) is 9.35 Å². The number of nitrogens with zero attached hydrogens (tertiary/aromatic N) is 2. The summed E-state index contributed by atoms with van der Waals surface area (Å²) < 4.78 is 38.1. The molecule has 4 aromatic rings. The van der Waals surface area contributed by atoms with E-state index in [4.69, 9.17) is 27.9 Å². The average Bonchev–Trinajstić information content (AvgIpc) is 2.88. The van der Waals surface area contributed by atoms with E-state index in [1.807, 2.05) is 0 Å². The third kappa shape index (κ3) is 6.72. The molecule has 0 spiro atoms. The molecule has 0 saturated heterocycles. The number of hydrogen-bond donors (Lipinski definition) is 2. The van der Waals surface area contributed by atoms with E-state index >= 15 is 0 Å². The van der Waals surface area contributed by atoms with Crippen LogP contribution in [-0.4, -0.2) is 26.0 Å². The maximum Gasteiger partial charge on any atom is 1.00 e. The molecule has 2 N–H and O–H groups in total. The second-order valence-corrected chi connectivity index (χ2v) is 10.3. The molecule has 4 rings (SSSR count). The van der Waals surface area contributed by atoms with E-state index in [0.29, 0.717) is 39.2 Å². The molecule has 0 unspecified atom stereocenters. The molecule has 0 heterocycles. The summed E-state index contributed by atoms with van der Waals surface area (Å²) in [7, 11) is -3.15. The number of nitrogens with one attached hydrogen (secondary N) is 1. The van der Waals surface area contributed by atoms with Crippen molar-refractivity contribution < 1.29 is 57.2 Å². The van der Waals surface area contributed by atoms with E-state index in [1.165, 1.54) is 19.2 Å². The summed E-state index contributed by atoms with van der Waals surface area (Å²) in [6, 6.07) is 15.1. The molecule has 0 radical (unpaired) electrons. The van der Waals surface area contributed by atoms with Crippen LogP contribution < -0.4 is 44.7 Å². The van der Waals surface area contributed by atoms with Crippen molar-refractivity contribution in [3.05, 3.63) is 81.8 Å². The van der Waals surface area contributed by atoms with Crippen molar-refractivity contribution in [1.29, 1.82) is 0 Å². The summed E-state index contributed by atoms with van der Waals surface area (Å²) in [5.74, 6) is -1.10. The Morgan fingerprint density at radius 3 is 2.46 bits per heavy atom. The summed E-state index contributed by atoms with van der Waals surface area (Å²) in [6.07, 6.45) is 0.370. The minimum absolute atomic E-state index is 0. The van der Waals surface area contributed by atoms with E-state index in [0.717, 1.165) is 12.1 Å². The van der Waals surface area contributed by atoms with Crippen LogP contribution in [0.4, 0.5) is 17.1 Å². The van der Waals surface area contributed by atoms with Gasteiger partial charge in [-0.15, -0.1) is 0 Å². The number of methoxy groups -OCH3 is 1. The van der Waals surface area contributed by atoms with E-state index in [-0.39, 0.29) is 51.5 Å². The van der Waals surface area contributed by atoms with Gasteiger partial charge in [-0.05, 0) is 47.7 Å². The van der Waals surface area contributed by atoms with Crippen LogP contribution in [0.1, 0.15) is 22.8 Å². The van der Waals surface area contributed by atoms with Crippen LogP contribution in [0.15, 0.2) is 75.8 Å². The van der Waals surface area contributed by atoms with Crippen LogP contribution in [0.2, 0.25) is 10.0 Å². The third-order valence-electron chi connectivity index (χ3n) is 5.69. The van der Waals surface area contributed by atoms with Crippen LogP contribution in [0, 0.1) is 0 Å². The van der Waals surface area contributed by atoms with Gasteiger partial charge in [-0.25, -0.2) is 0 Å². The van der Waals surface area contributed by atoms with Crippen molar-refractivity contribution in [3.8, 4) is 11.5 Å². The van der Waals surface area contributed by atoms with Gasteiger partial charge in [0.2, 0.25) is 0 Å². The van der Waals surface area contributed by atoms with Gasteiger partial charge in [-0.2, -0.15) is 18.6 Å². The van der Waals surface area contributed by atoms with Gasteiger partial charge in [0, 0.05) is 27.1 Å². The maximum absolute atomic E-state index is 13.5. The van der Waals surface area contributed by atoms with E-state index in [2.05, 4.69) is 15.5 Å². The van der Waals surface area contributed by atoms with Gasteiger partial charge in [-0.1, -0.05) is 60.1 Å². The van der Waals surface area contributed by atoms with Crippen LogP contribution in [0.5, 0.6) is 11.5 Å². The first kappa shape index (κ1) is 30.8. The van der Waals surface area contributed by atoms with Crippen molar-refractivity contribution in [1.82, 2.24) is 0 Å². The average molecular weight is 596 g/mol. The maximum atomic E-state index is 13.5. The Balaban J connectivity index is 0.00000420. The number of ether oxygens (including phenoxy) is 1. The first-order valence-corrected chi connectivity index (χ1v) is 13.3. The van der Waals surface area contributed by atoms with E-state index in [1.54, 1.807) is 43.3 Å². The van der Waals surface area contributed by atoms with Gasteiger partial charge in [0.05, 0.1) is 29.1 Å². The first-order chi connectivity index (χ1) is 18.0. The molecule has 9 nitrogen and oxygen atoms in total. The second-order valence-electron chi connectivity index (χ2n) is 8.05. The van der Waals surface area contributed by atoms with E-state index < -0.39 is 26.7 Å². The molecular weight excluding hydrogens is 576 g/mol. The Morgan fingerprint density at radius 2 is 1.79 bits per heavy atom. The zero-order valence-corrected chi connectivity index (χ0v) is 25.4. The van der Waals surface area contributed by atoms with Crippen LogP contribution in [0.25, 0.3) is 10.8 Å². The number of benzene rings is 4. The van der Waals surface area contributed by atoms with E-state index in [9.17, 15) is 22.9 Å². The molecule has 0 fully saturated rings. The monoisotopic (exact) mass is 595 g/mol. The number of anilines is 1. The first-order valence-electron chi connectivity index (χ1n) is 11.1. The Labute approximate surface area is 256 Å².